The lowest BCUT2D eigenvalue weighted by molar-refractivity contribution is -0.135. The molecule has 7 rings (SSSR count). The number of piperazine rings is 1. The normalized spacial score (nSPS) is 34.2. The van der Waals surface area contributed by atoms with Gasteiger partial charge in [-0.15, -0.1) is 0 Å². The Bertz CT molecular complexity index is 848. The maximum Gasteiger partial charge on any atom is 0.233 e. The van der Waals surface area contributed by atoms with Gasteiger partial charge in [0, 0.05) is 31.7 Å². The Morgan fingerprint density at radius 3 is 2.34 bits per heavy atom. The maximum atomic E-state index is 12.8. The van der Waals surface area contributed by atoms with E-state index in [1.165, 1.54) is 50.3 Å². The molecular weight excluding hydrogens is 380 g/mol. The summed E-state index contributed by atoms with van der Waals surface area (Å²) in [5, 5.41) is 0.840. The molecule has 0 spiro atoms. The summed E-state index contributed by atoms with van der Waals surface area (Å²) in [4.78, 5) is 25.5. The van der Waals surface area contributed by atoms with Crippen LogP contribution in [0.25, 0.3) is 11.0 Å². The third-order valence-corrected chi connectivity index (χ3v) is 8.87. The molecule has 1 amide bonds. The van der Waals surface area contributed by atoms with Crippen LogP contribution in [0.1, 0.15) is 38.5 Å². The average Bonchev–Trinajstić information content (AvgIpc) is 3.14. The molecule has 29 heavy (non-hydrogen) atoms. The number of para-hydroxylation sites is 2. The Morgan fingerprint density at radius 1 is 1.03 bits per heavy atom. The largest absolute Gasteiger partial charge is 0.339 e. The quantitative estimate of drug-likeness (QED) is 0.780. The van der Waals surface area contributed by atoms with Gasteiger partial charge in [-0.25, -0.2) is 4.98 Å². The summed E-state index contributed by atoms with van der Waals surface area (Å²) in [6.07, 6.45) is 8.77. The van der Waals surface area contributed by atoms with Crippen LogP contribution in [0, 0.1) is 17.8 Å². The second-order valence-electron chi connectivity index (χ2n) is 9.86. The topological polar surface area (TPSA) is 52.2 Å². The van der Waals surface area contributed by atoms with E-state index in [1.54, 1.807) is 0 Å². The number of thioether (sulfide) groups is 1. The van der Waals surface area contributed by atoms with Crippen molar-refractivity contribution in [2.75, 3.05) is 31.9 Å². The first-order valence-electron chi connectivity index (χ1n) is 11.3. The second kappa shape index (κ2) is 7.02. The lowest BCUT2D eigenvalue weighted by Gasteiger charge is -2.61. The van der Waals surface area contributed by atoms with E-state index in [2.05, 4.69) is 19.8 Å². The first kappa shape index (κ1) is 18.3. The Balaban J connectivity index is 1.05. The molecule has 0 atom stereocenters. The van der Waals surface area contributed by atoms with Gasteiger partial charge in [-0.1, -0.05) is 23.9 Å². The van der Waals surface area contributed by atoms with Gasteiger partial charge in [-0.2, -0.15) is 0 Å². The fourth-order valence-electron chi connectivity index (χ4n) is 7.10. The van der Waals surface area contributed by atoms with Gasteiger partial charge in [0.1, 0.15) is 0 Å². The second-order valence-corrected chi connectivity index (χ2v) is 10.8. The van der Waals surface area contributed by atoms with Gasteiger partial charge < -0.3 is 9.88 Å². The van der Waals surface area contributed by atoms with Crippen molar-refractivity contribution in [3.05, 3.63) is 24.3 Å². The number of carbonyl (C=O) groups is 1. The summed E-state index contributed by atoms with van der Waals surface area (Å²) in [6.45, 7) is 3.91. The van der Waals surface area contributed by atoms with E-state index >= 15 is 0 Å². The molecule has 1 N–H and O–H groups in total. The maximum absolute atomic E-state index is 12.8. The lowest BCUT2D eigenvalue weighted by atomic mass is 9.52. The van der Waals surface area contributed by atoms with E-state index in [0.29, 0.717) is 11.3 Å². The molecule has 5 nitrogen and oxygen atoms in total. The lowest BCUT2D eigenvalue weighted by Crippen LogP contribution is -2.64. The molecule has 5 fully saturated rings. The molecule has 5 aliphatic rings. The van der Waals surface area contributed by atoms with Gasteiger partial charge in [0.2, 0.25) is 5.91 Å². The minimum Gasteiger partial charge on any atom is -0.339 e. The fourth-order valence-corrected chi connectivity index (χ4v) is 7.89. The first-order chi connectivity index (χ1) is 14.2. The van der Waals surface area contributed by atoms with Crippen molar-refractivity contribution in [3.63, 3.8) is 0 Å². The molecule has 2 heterocycles. The number of rotatable bonds is 4. The van der Waals surface area contributed by atoms with Crippen molar-refractivity contribution in [2.24, 2.45) is 17.8 Å². The average molecular weight is 411 g/mol. The van der Waals surface area contributed by atoms with Gasteiger partial charge in [0.05, 0.1) is 16.8 Å². The highest BCUT2D eigenvalue weighted by Crippen LogP contribution is 2.57. The number of amides is 1. The number of hydrogen-bond acceptors (Lipinski definition) is 4. The number of benzene rings is 1. The molecule has 4 aliphatic carbocycles. The van der Waals surface area contributed by atoms with Crippen LogP contribution in [-0.4, -0.2) is 63.1 Å². The minimum absolute atomic E-state index is 0.251. The molecule has 4 saturated carbocycles. The first-order valence-corrected chi connectivity index (χ1v) is 12.3. The molecule has 1 saturated heterocycles. The van der Waals surface area contributed by atoms with Crippen LogP contribution in [0.3, 0.4) is 0 Å². The predicted octanol–water partition coefficient (Wildman–Crippen LogP) is 3.77. The summed E-state index contributed by atoms with van der Waals surface area (Å²) >= 11 is 1.52. The SMILES string of the molecule is O=C(CSc1nc2ccccc2[nH]1)N1CCN(C23CC4CC(CC(C4)C2)C3)CC1. The third-order valence-electron chi connectivity index (χ3n) is 8.01. The van der Waals surface area contributed by atoms with Crippen molar-refractivity contribution < 1.29 is 4.79 Å². The highest BCUT2D eigenvalue weighted by Gasteiger charge is 2.53. The standard InChI is InChI=1S/C23H30N4OS/c28-21(15-29-22-24-19-3-1-2-4-20(19)25-22)26-5-7-27(8-6-26)23-12-16-9-17(13-23)11-18(10-16)14-23/h1-4,16-18H,5-15H2,(H,24,25). The van der Waals surface area contributed by atoms with Gasteiger partial charge in [-0.3, -0.25) is 9.69 Å². The summed E-state index contributed by atoms with van der Waals surface area (Å²) in [5.74, 6) is 3.68. The zero-order chi connectivity index (χ0) is 19.4. The number of H-pyrrole nitrogens is 1. The number of imidazole rings is 1. The summed E-state index contributed by atoms with van der Waals surface area (Å²) < 4.78 is 0. The molecule has 1 aromatic heterocycles. The zero-order valence-electron chi connectivity index (χ0n) is 17.0. The van der Waals surface area contributed by atoms with Crippen LogP contribution in [-0.2, 0) is 4.79 Å². The smallest absolute Gasteiger partial charge is 0.233 e. The van der Waals surface area contributed by atoms with Gasteiger partial charge >= 0.3 is 0 Å². The Morgan fingerprint density at radius 2 is 1.69 bits per heavy atom. The van der Waals surface area contributed by atoms with Crippen molar-refractivity contribution in [1.29, 1.82) is 0 Å². The monoisotopic (exact) mass is 410 g/mol. The molecule has 154 valence electrons. The van der Waals surface area contributed by atoms with Crippen LogP contribution in [0.5, 0.6) is 0 Å². The van der Waals surface area contributed by atoms with Gasteiger partial charge in [0.15, 0.2) is 5.16 Å². The van der Waals surface area contributed by atoms with Crippen LogP contribution in [0.2, 0.25) is 0 Å². The molecular formula is C23H30N4OS. The molecule has 0 unspecified atom stereocenters. The number of fused-ring (bicyclic) bond motifs is 1. The van der Waals surface area contributed by atoms with E-state index in [4.69, 9.17) is 0 Å². The van der Waals surface area contributed by atoms with Crippen molar-refractivity contribution >= 4 is 28.7 Å². The Hall–Kier alpha value is -1.53. The summed E-state index contributed by atoms with van der Waals surface area (Å²) in [7, 11) is 0. The van der Waals surface area contributed by atoms with E-state index in [0.717, 1.165) is 60.1 Å². The van der Waals surface area contributed by atoms with Crippen LogP contribution < -0.4 is 0 Å². The van der Waals surface area contributed by atoms with Crippen molar-refractivity contribution in [3.8, 4) is 0 Å². The predicted molar refractivity (Wildman–Crippen MR) is 116 cm³/mol. The van der Waals surface area contributed by atoms with Crippen LogP contribution in [0.15, 0.2) is 29.4 Å². The van der Waals surface area contributed by atoms with Gasteiger partial charge in [0.25, 0.3) is 0 Å². The molecule has 1 aliphatic heterocycles. The van der Waals surface area contributed by atoms with Crippen molar-refractivity contribution in [1.82, 2.24) is 19.8 Å². The highest BCUT2D eigenvalue weighted by atomic mass is 32.2. The zero-order valence-corrected chi connectivity index (χ0v) is 17.8. The molecule has 4 bridgehead atoms. The Labute approximate surface area is 176 Å². The molecule has 0 radical (unpaired) electrons. The molecule has 1 aromatic carbocycles. The van der Waals surface area contributed by atoms with Gasteiger partial charge in [-0.05, 0) is 68.4 Å². The van der Waals surface area contributed by atoms with E-state index < -0.39 is 0 Å². The summed E-state index contributed by atoms with van der Waals surface area (Å²) in [5.41, 5.74) is 2.48. The number of aromatic amines is 1. The molecule has 6 heteroatoms. The molecule has 2 aromatic rings. The number of nitrogens with zero attached hydrogens (tertiary/aromatic N) is 3. The fraction of sp³-hybridized carbons (Fsp3) is 0.652. The van der Waals surface area contributed by atoms with E-state index in [9.17, 15) is 4.79 Å². The highest BCUT2D eigenvalue weighted by molar-refractivity contribution is 7.99. The van der Waals surface area contributed by atoms with Crippen molar-refractivity contribution in [2.45, 2.75) is 49.2 Å². The summed E-state index contributed by atoms with van der Waals surface area (Å²) in [6, 6.07) is 8.02. The van der Waals surface area contributed by atoms with E-state index in [-0.39, 0.29) is 5.91 Å². The minimum atomic E-state index is 0.251. The number of carbonyl (C=O) groups excluding carboxylic acids is 1. The van der Waals surface area contributed by atoms with E-state index in [1.807, 2.05) is 24.3 Å². The third kappa shape index (κ3) is 3.28. The number of hydrogen-bond donors (Lipinski definition) is 1. The number of aromatic nitrogens is 2. The van der Waals surface area contributed by atoms with Crippen LogP contribution >= 0.6 is 11.8 Å². The van der Waals surface area contributed by atoms with Crippen LogP contribution in [0.4, 0.5) is 0 Å². The number of nitrogens with one attached hydrogen (secondary N) is 1. The Kier molecular flexibility index (Phi) is 4.42.